The summed E-state index contributed by atoms with van der Waals surface area (Å²) in [6.07, 6.45) is -0.156. The van der Waals surface area contributed by atoms with E-state index in [2.05, 4.69) is 32.5 Å². The van der Waals surface area contributed by atoms with Crippen LogP contribution in [0.1, 0.15) is 17.6 Å². The Kier molecular flexibility index (Phi) is 6.39. The number of halogens is 1. The summed E-state index contributed by atoms with van der Waals surface area (Å²) < 4.78 is 16.5. The van der Waals surface area contributed by atoms with Gasteiger partial charge in [0, 0.05) is 38.3 Å². The van der Waals surface area contributed by atoms with E-state index in [1.807, 2.05) is 12.1 Å². The Morgan fingerprint density at radius 3 is 2.88 bits per heavy atom. The zero-order valence-corrected chi connectivity index (χ0v) is 14.8. The number of hydrogen-bond donors (Lipinski definition) is 1. The van der Waals surface area contributed by atoms with Gasteiger partial charge in [-0.05, 0) is 11.6 Å². The topological polar surface area (TPSA) is 72.7 Å². The number of nitrogens with zero attached hydrogens (tertiary/aromatic N) is 3. The highest BCUT2D eigenvalue weighted by molar-refractivity contribution is 5.85. The smallest absolute Gasteiger partial charge is 0.257 e. The summed E-state index contributed by atoms with van der Waals surface area (Å²) in [7, 11) is 0. The van der Waals surface area contributed by atoms with E-state index in [9.17, 15) is 0 Å². The lowest BCUT2D eigenvalue weighted by atomic mass is 10.1. The zero-order valence-electron chi connectivity index (χ0n) is 14.0. The molecule has 0 unspecified atom stereocenters. The third-order valence-electron chi connectivity index (χ3n) is 4.34. The number of morpholine rings is 2. The van der Waals surface area contributed by atoms with E-state index in [1.54, 1.807) is 0 Å². The van der Waals surface area contributed by atoms with E-state index in [-0.39, 0.29) is 18.5 Å². The van der Waals surface area contributed by atoms with Crippen molar-refractivity contribution in [2.24, 2.45) is 0 Å². The monoisotopic (exact) mass is 366 g/mol. The van der Waals surface area contributed by atoms with E-state index in [0.717, 1.165) is 45.0 Å². The molecule has 8 heteroatoms. The Balaban J connectivity index is 0.00000182. The fourth-order valence-electron chi connectivity index (χ4n) is 3.03. The molecule has 2 aromatic rings. The van der Waals surface area contributed by atoms with Gasteiger partial charge in [0.15, 0.2) is 0 Å². The molecular formula is C17H23ClN4O3. The Hall–Kier alpha value is -1.51. The summed E-state index contributed by atoms with van der Waals surface area (Å²) >= 11 is 0. The molecule has 136 valence electrons. The minimum atomic E-state index is -0.156. The summed E-state index contributed by atoms with van der Waals surface area (Å²) in [6.45, 7) is 6.71. The van der Waals surface area contributed by atoms with Gasteiger partial charge in [0.05, 0.1) is 19.8 Å². The molecule has 1 atom stereocenters. The zero-order chi connectivity index (χ0) is 16.2. The quantitative estimate of drug-likeness (QED) is 0.882. The van der Waals surface area contributed by atoms with Crippen LogP contribution in [0, 0.1) is 0 Å². The van der Waals surface area contributed by atoms with Crippen LogP contribution in [-0.4, -0.2) is 61.0 Å². The highest BCUT2D eigenvalue weighted by Gasteiger charge is 2.22. The minimum Gasteiger partial charge on any atom is -0.379 e. The average Bonchev–Trinajstić information content (AvgIpc) is 3.14. The first-order valence-electron chi connectivity index (χ1n) is 8.44. The van der Waals surface area contributed by atoms with Crippen molar-refractivity contribution in [1.29, 1.82) is 0 Å². The van der Waals surface area contributed by atoms with Crippen molar-refractivity contribution >= 4 is 12.4 Å². The molecule has 7 nitrogen and oxygen atoms in total. The molecule has 2 aliphatic heterocycles. The lowest BCUT2D eigenvalue weighted by molar-refractivity contribution is 0.00755. The fraction of sp³-hybridized carbons (Fsp3) is 0.529. The van der Waals surface area contributed by atoms with Gasteiger partial charge in [-0.25, -0.2) is 0 Å². The van der Waals surface area contributed by atoms with Gasteiger partial charge < -0.3 is 19.3 Å². The van der Waals surface area contributed by atoms with Crippen molar-refractivity contribution in [3.05, 3.63) is 35.7 Å². The molecule has 0 spiro atoms. The Bertz CT molecular complexity index is 669. The molecule has 2 saturated heterocycles. The summed E-state index contributed by atoms with van der Waals surface area (Å²) in [5.41, 5.74) is 2.22. The maximum Gasteiger partial charge on any atom is 0.257 e. The predicted molar refractivity (Wildman–Crippen MR) is 94.6 cm³/mol. The van der Waals surface area contributed by atoms with Crippen molar-refractivity contribution in [3.63, 3.8) is 0 Å². The minimum absolute atomic E-state index is 0. The van der Waals surface area contributed by atoms with Gasteiger partial charge in [0.2, 0.25) is 5.82 Å². The van der Waals surface area contributed by atoms with Crippen LogP contribution in [-0.2, 0) is 16.0 Å². The van der Waals surface area contributed by atoms with Gasteiger partial charge in [0.25, 0.3) is 5.89 Å². The maximum absolute atomic E-state index is 5.66. The van der Waals surface area contributed by atoms with Gasteiger partial charge in [-0.1, -0.05) is 23.4 Å². The summed E-state index contributed by atoms with van der Waals surface area (Å²) in [6, 6.07) is 8.31. The number of aromatic nitrogens is 2. The second-order valence-corrected chi connectivity index (χ2v) is 6.11. The highest BCUT2D eigenvalue weighted by Crippen LogP contribution is 2.22. The molecule has 2 aliphatic rings. The van der Waals surface area contributed by atoms with Crippen molar-refractivity contribution in [2.45, 2.75) is 12.6 Å². The van der Waals surface area contributed by atoms with Crippen LogP contribution in [0.2, 0.25) is 0 Å². The SMILES string of the molecule is Cl.c1cc(CN2CCOCC2)cc(-c2noc([C@H]3CNCCO3)n2)c1. The Labute approximate surface area is 153 Å². The standard InChI is InChI=1S/C17H22N4O3.ClH/c1-2-13(12-21-5-8-22-9-6-21)10-14(3-1)16-19-17(24-20-16)15-11-18-4-7-23-15;/h1-3,10,15,18H,4-9,11-12H2;1H/t15-;/m1./s1. The first-order chi connectivity index (χ1) is 11.9. The molecule has 0 bridgehead atoms. The molecule has 0 saturated carbocycles. The molecule has 1 N–H and O–H groups in total. The van der Waals surface area contributed by atoms with Crippen molar-refractivity contribution in [2.75, 3.05) is 46.0 Å². The number of hydrogen-bond acceptors (Lipinski definition) is 7. The molecule has 1 aromatic carbocycles. The van der Waals surface area contributed by atoms with Crippen LogP contribution < -0.4 is 5.32 Å². The van der Waals surface area contributed by atoms with Crippen LogP contribution in [0.15, 0.2) is 28.8 Å². The van der Waals surface area contributed by atoms with Crippen LogP contribution >= 0.6 is 12.4 Å². The Morgan fingerprint density at radius 1 is 1.20 bits per heavy atom. The fourth-order valence-corrected chi connectivity index (χ4v) is 3.03. The first kappa shape index (κ1) is 18.3. The van der Waals surface area contributed by atoms with Gasteiger partial charge in [-0.3, -0.25) is 4.90 Å². The molecule has 0 radical (unpaired) electrons. The van der Waals surface area contributed by atoms with E-state index in [1.165, 1.54) is 5.56 Å². The Morgan fingerprint density at radius 2 is 2.08 bits per heavy atom. The van der Waals surface area contributed by atoms with Gasteiger partial charge in [-0.15, -0.1) is 12.4 Å². The summed E-state index contributed by atoms with van der Waals surface area (Å²) in [5, 5.41) is 7.39. The maximum atomic E-state index is 5.66. The number of benzene rings is 1. The lowest BCUT2D eigenvalue weighted by Gasteiger charge is -2.26. The number of ether oxygens (including phenoxy) is 2. The molecule has 0 amide bonds. The highest BCUT2D eigenvalue weighted by atomic mass is 35.5. The normalized spacial score (nSPS) is 21.7. The largest absolute Gasteiger partial charge is 0.379 e. The average molecular weight is 367 g/mol. The molecule has 1 aromatic heterocycles. The van der Waals surface area contributed by atoms with Crippen LogP contribution in [0.5, 0.6) is 0 Å². The van der Waals surface area contributed by atoms with Crippen molar-refractivity contribution in [3.8, 4) is 11.4 Å². The van der Waals surface area contributed by atoms with E-state index >= 15 is 0 Å². The van der Waals surface area contributed by atoms with E-state index in [0.29, 0.717) is 24.9 Å². The third-order valence-corrected chi connectivity index (χ3v) is 4.34. The first-order valence-corrected chi connectivity index (χ1v) is 8.44. The molecule has 0 aliphatic carbocycles. The van der Waals surface area contributed by atoms with Crippen molar-refractivity contribution < 1.29 is 14.0 Å². The second-order valence-electron chi connectivity index (χ2n) is 6.11. The molecule has 4 rings (SSSR count). The van der Waals surface area contributed by atoms with E-state index in [4.69, 9.17) is 14.0 Å². The van der Waals surface area contributed by atoms with Crippen molar-refractivity contribution in [1.82, 2.24) is 20.4 Å². The second kappa shape index (κ2) is 8.73. The number of rotatable bonds is 4. The summed E-state index contributed by atoms with van der Waals surface area (Å²) in [5.74, 6) is 1.15. The molecule has 25 heavy (non-hydrogen) atoms. The van der Waals surface area contributed by atoms with Crippen LogP contribution in [0.25, 0.3) is 11.4 Å². The van der Waals surface area contributed by atoms with Gasteiger partial charge in [0.1, 0.15) is 6.10 Å². The van der Waals surface area contributed by atoms with Crippen LogP contribution in [0.3, 0.4) is 0 Å². The molecule has 2 fully saturated rings. The molecular weight excluding hydrogens is 344 g/mol. The van der Waals surface area contributed by atoms with Gasteiger partial charge >= 0.3 is 0 Å². The third kappa shape index (κ3) is 4.56. The lowest BCUT2D eigenvalue weighted by Crippen LogP contribution is -2.35. The summed E-state index contributed by atoms with van der Waals surface area (Å²) in [4.78, 5) is 6.91. The van der Waals surface area contributed by atoms with Crippen LogP contribution in [0.4, 0.5) is 0 Å². The number of nitrogens with one attached hydrogen (secondary N) is 1. The van der Waals surface area contributed by atoms with Gasteiger partial charge in [-0.2, -0.15) is 4.98 Å². The predicted octanol–water partition coefficient (Wildman–Crippen LogP) is 1.65. The van der Waals surface area contributed by atoms with E-state index < -0.39 is 0 Å². The molecule has 3 heterocycles.